The number of carboxylic acids is 1. The van der Waals surface area contributed by atoms with Crippen LogP contribution in [-0.4, -0.2) is 35.0 Å². The van der Waals surface area contributed by atoms with Crippen molar-refractivity contribution < 1.29 is 14.7 Å². The highest BCUT2D eigenvalue weighted by atomic mass is 16.4. The second-order valence-electron chi connectivity index (χ2n) is 5.91. The monoisotopic (exact) mass is 309 g/mol. The van der Waals surface area contributed by atoms with Crippen molar-refractivity contribution in [1.29, 1.82) is 0 Å². The van der Waals surface area contributed by atoms with E-state index < -0.39 is 5.97 Å². The highest BCUT2D eigenvalue weighted by Crippen LogP contribution is 2.26. The predicted octanol–water partition coefficient (Wildman–Crippen LogP) is 3.60. The maximum Gasteiger partial charge on any atom is 0.335 e. The number of nitrogens with zero attached hydrogens (tertiary/aromatic N) is 1. The number of aromatic carboxylic acids is 1. The molecule has 0 spiro atoms. The van der Waals surface area contributed by atoms with Crippen LogP contribution in [0, 0.1) is 6.92 Å². The van der Waals surface area contributed by atoms with Crippen LogP contribution >= 0.6 is 0 Å². The van der Waals surface area contributed by atoms with Gasteiger partial charge < -0.3 is 10.0 Å². The Morgan fingerprint density at radius 3 is 2.39 bits per heavy atom. The fraction of sp³-hybridized carbons (Fsp3) is 0.263. The molecule has 1 heterocycles. The van der Waals surface area contributed by atoms with E-state index in [0.29, 0.717) is 5.56 Å². The third-order valence-corrected chi connectivity index (χ3v) is 4.29. The quantitative estimate of drug-likeness (QED) is 0.942. The van der Waals surface area contributed by atoms with Crippen LogP contribution in [0.15, 0.2) is 42.5 Å². The molecule has 1 amide bonds. The summed E-state index contributed by atoms with van der Waals surface area (Å²) >= 11 is 0. The normalized spacial score (nSPS) is 14.0. The van der Waals surface area contributed by atoms with E-state index in [2.05, 4.69) is 0 Å². The van der Waals surface area contributed by atoms with E-state index in [1.165, 1.54) is 0 Å². The molecule has 4 heteroatoms. The van der Waals surface area contributed by atoms with Crippen LogP contribution in [0.25, 0.3) is 11.1 Å². The van der Waals surface area contributed by atoms with Crippen molar-refractivity contribution >= 4 is 11.9 Å². The molecule has 2 aromatic rings. The second kappa shape index (κ2) is 6.24. The Morgan fingerprint density at radius 1 is 1.00 bits per heavy atom. The second-order valence-corrected chi connectivity index (χ2v) is 5.91. The first-order valence-electron chi connectivity index (χ1n) is 7.80. The SMILES string of the molecule is Cc1cc(C(=O)O)ccc1-c1cccc(C(=O)N2CCCC2)c1. The third-order valence-electron chi connectivity index (χ3n) is 4.29. The third kappa shape index (κ3) is 3.11. The van der Waals surface area contributed by atoms with E-state index in [9.17, 15) is 9.59 Å². The number of rotatable bonds is 3. The van der Waals surface area contributed by atoms with Crippen LogP contribution in [-0.2, 0) is 0 Å². The van der Waals surface area contributed by atoms with Gasteiger partial charge in [-0.15, -0.1) is 0 Å². The predicted molar refractivity (Wildman–Crippen MR) is 88.7 cm³/mol. The maximum absolute atomic E-state index is 12.5. The molecule has 1 aliphatic heterocycles. The molecule has 0 atom stereocenters. The van der Waals surface area contributed by atoms with Gasteiger partial charge in [-0.3, -0.25) is 4.79 Å². The van der Waals surface area contributed by atoms with Crippen LogP contribution in [0.5, 0.6) is 0 Å². The number of aryl methyl sites for hydroxylation is 1. The van der Waals surface area contributed by atoms with Crippen LogP contribution in [0.4, 0.5) is 0 Å². The summed E-state index contributed by atoms with van der Waals surface area (Å²) in [7, 11) is 0. The fourth-order valence-electron chi connectivity index (χ4n) is 3.04. The van der Waals surface area contributed by atoms with Crippen molar-refractivity contribution in [2.75, 3.05) is 13.1 Å². The minimum atomic E-state index is -0.933. The molecular weight excluding hydrogens is 290 g/mol. The van der Waals surface area contributed by atoms with Crippen molar-refractivity contribution in [3.8, 4) is 11.1 Å². The molecule has 1 saturated heterocycles. The zero-order valence-corrected chi connectivity index (χ0v) is 13.1. The van der Waals surface area contributed by atoms with Gasteiger partial charge >= 0.3 is 5.97 Å². The summed E-state index contributed by atoms with van der Waals surface area (Å²) in [5.41, 5.74) is 3.73. The number of benzene rings is 2. The molecule has 1 fully saturated rings. The number of amides is 1. The van der Waals surface area contributed by atoms with Gasteiger partial charge in [-0.25, -0.2) is 4.79 Å². The van der Waals surface area contributed by atoms with E-state index in [0.717, 1.165) is 42.6 Å². The zero-order chi connectivity index (χ0) is 16.4. The molecule has 23 heavy (non-hydrogen) atoms. The topological polar surface area (TPSA) is 57.6 Å². The summed E-state index contributed by atoms with van der Waals surface area (Å²) in [6.45, 7) is 3.54. The number of hydrogen-bond donors (Lipinski definition) is 1. The molecule has 0 saturated carbocycles. The largest absolute Gasteiger partial charge is 0.478 e. The Bertz CT molecular complexity index is 761. The first-order chi connectivity index (χ1) is 11.1. The molecule has 2 aromatic carbocycles. The van der Waals surface area contributed by atoms with Gasteiger partial charge in [0.2, 0.25) is 0 Å². The van der Waals surface area contributed by atoms with E-state index >= 15 is 0 Å². The van der Waals surface area contributed by atoms with Crippen molar-refractivity contribution in [3.63, 3.8) is 0 Å². The van der Waals surface area contributed by atoms with Crippen molar-refractivity contribution in [2.24, 2.45) is 0 Å². The molecule has 0 radical (unpaired) electrons. The summed E-state index contributed by atoms with van der Waals surface area (Å²) in [5, 5.41) is 9.06. The first-order valence-corrected chi connectivity index (χ1v) is 7.80. The minimum Gasteiger partial charge on any atom is -0.478 e. The molecule has 1 aliphatic rings. The van der Waals surface area contributed by atoms with Gasteiger partial charge in [0.25, 0.3) is 5.91 Å². The molecule has 1 N–H and O–H groups in total. The Balaban J connectivity index is 1.93. The summed E-state index contributed by atoms with van der Waals surface area (Å²) in [4.78, 5) is 25.4. The summed E-state index contributed by atoms with van der Waals surface area (Å²) in [6.07, 6.45) is 2.14. The Kier molecular flexibility index (Phi) is 4.15. The Labute approximate surface area is 135 Å². The number of carbonyl (C=O) groups is 2. The van der Waals surface area contributed by atoms with E-state index in [4.69, 9.17) is 5.11 Å². The van der Waals surface area contributed by atoms with Crippen LogP contribution in [0.3, 0.4) is 0 Å². The van der Waals surface area contributed by atoms with Gasteiger partial charge in [0.15, 0.2) is 0 Å². The lowest BCUT2D eigenvalue weighted by Crippen LogP contribution is -2.27. The van der Waals surface area contributed by atoms with Gasteiger partial charge in [0, 0.05) is 18.7 Å². The lowest BCUT2D eigenvalue weighted by atomic mass is 9.97. The molecule has 0 unspecified atom stereocenters. The van der Waals surface area contributed by atoms with Crippen molar-refractivity contribution in [1.82, 2.24) is 4.90 Å². The van der Waals surface area contributed by atoms with Gasteiger partial charge in [-0.05, 0) is 60.7 Å². The number of hydrogen-bond acceptors (Lipinski definition) is 2. The average molecular weight is 309 g/mol. The molecule has 0 bridgehead atoms. The number of carboxylic acid groups (broad SMARTS) is 1. The highest BCUT2D eigenvalue weighted by Gasteiger charge is 2.19. The van der Waals surface area contributed by atoms with Crippen LogP contribution in [0.2, 0.25) is 0 Å². The van der Waals surface area contributed by atoms with Gasteiger partial charge in [-0.2, -0.15) is 0 Å². The van der Waals surface area contributed by atoms with Crippen LogP contribution < -0.4 is 0 Å². The standard InChI is InChI=1S/C19H19NO3/c1-13-11-16(19(22)23)7-8-17(13)14-5-4-6-15(12-14)18(21)20-9-2-3-10-20/h4-8,11-12H,2-3,9-10H2,1H3,(H,22,23). The minimum absolute atomic E-state index is 0.0733. The zero-order valence-electron chi connectivity index (χ0n) is 13.1. The molecule has 3 rings (SSSR count). The first kappa shape index (κ1) is 15.3. The number of likely N-dealkylation sites (tertiary alicyclic amines) is 1. The van der Waals surface area contributed by atoms with Crippen molar-refractivity contribution in [3.05, 3.63) is 59.2 Å². The lowest BCUT2D eigenvalue weighted by Gasteiger charge is -2.16. The fourth-order valence-corrected chi connectivity index (χ4v) is 3.04. The molecule has 0 aromatic heterocycles. The lowest BCUT2D eigenvalue weighted by molar-refractivity contribution is 0.0696. The Morgan fingerprint density at radius 2 is 1.74 bits per heavy atom. The highest BCUT2D eigenvalue weighted by molar-refractivity contribution is 5.96. The average Bonchev–Trinajstić information content (AvgIpc) is 3.08. The maximum atomic E-state index is 12.5. The van der Waals surface area contributed by atoms with Crippen LogP contribution in [0.1, 0.15) is 39.1 Å². The van der Waals surface area contributed by atoms with Crippen molar-refractivity contribution in [2.45, 2.75) is 19.8 Å². The molecule has 4 nitrogen and oxygen atoms in total. The summed E-state index contributed by atoms with van der Waals surface area (Å²) < 4.78 is 0. The van der Waals surface area contributed by atoms with E-state index in [-0.39, 0.29) is 11.5 Å². The van der Waals surface area contributed by atoms with Gasteiger partial charge in [-0.1, -0.05) is 18.2 Å². The van der Waals surface area contributed by atoms with Gasteiger partial charge in [0.1, 0.15) is 0 Å². The summed E-state index contributed by atoms with van der Waals surface area (Å²) in [5.74, 6) is -0.859. The number of carbonyl (C=O) groups excluding carboxylic acids is 1. The Hall–Kier alpha value is -2.62. The molecule has 0 aliphatic carbocycles. The summed E-state index contributed by atoms with van der Waals surface area (Å²) in [6, 6.07) is 12.6. The molecular formula is C19H19NO3. The van der Waals surface area contributed by atoms with E-state index in [1.54, 1.807) is 18.2 Å². The molecule has 118 valence electrons. The van der Waals surface area contributed by atoms with E-state index in [1.807, 2.05) is 36.1 Å². The van der Waals surface area contributed by atoms with Gasteiger partial charge in [0.05, 0.1) is 5.56 Å². The smallest absolute Gasteiger partial charge is 0.335 e.